The normalized spacial score (nSPS) is 10.6. The second-order valence-corrected chi connectivity index (χ2v) is 4.23. The van der Waals surface area contributed by atoms with Gasteiger partial charge in [0.05, 0.1) is 5.75 Å². The van der Waals surface area contributed by atoms with Crippen molar-refractivity contribution in [2.75, 3.05) is 0 Å². The van der Waals surface area contributed by atoms with E-state index >= 15 is 0 Å². The Morgan fingerprint density at radius 2 is 2.19 bits per heavy atom. The van der Waals surface area contributed by atoms with Crippen LogP contribution in [0.2, 0.25) is 0 Å². The van der Waals surface area contributed by atoms with Crippen molar-refractivity contribution in [2.45, 2.75) is 24.0 Å². The molecule has 0 aliphatic heterocycles. The van der Waals surface area contributed by atoms with E-state index in [1.54, 1.807) is 12.1 Å². The molecule has 1 N–H and O–H groups in total. The Hall–Kier alpha value is -1.49. The van der Waals surface area contributed by atoms with Gasteiger partial charge in [-0.15, -0.1) is 11.8 Å². The first-order chi connectivity index (χ1) is 7.79. The predicted octanol–water partition coefficient (Wildman–Crippen LogP) is 2.63. The van der Waals surface area contributed by atoms with Crippen LogP contribution in [0.3, 0.4) is 0 Å². The summed E-state index contributed by atoms with van der Waals surface area (Å²) in [6, 6.07) is 7.19. The van der Waals surface area contributed by atoms with Crippen LogP contribution in [0.5, 0.6) is 5.75 Å². The maximum atomic E-state index is 9.55. The molecule has 0 aliphatic rings. The quantitative estimate of drug-likeness (QED) is 0.827. The number of hydrogen-bond acceptors (Lipinski definition) is 5. The summed E-state index contributed by atoms with van der Waals surface area (Å²) in [5.41, 5.74) is 0. The Bertz CT molecular complexity index is 471. The van der Waals surface area contributed by atoms with Crippen LogP contribution in [-0.2, 0) is 12.2 Å². The molecule has 5 heteroatoms. The lowest BCUT2D eigenvalue weighted by molar-refractivity contribution is 0.385. The zero-order valence-electron chi connectivity index (χ0n) is 8.88. The van der Waals surface area contributed by atoms with Gasteiger partial charge in [-0.25, -0.2) is 0 Å². The number of aryl methyl sites for hydroxylation is 1. The molecular weight excluding hydrogens is 224 g/mol. The molecule has 4 nitrogen and oxygen atoms in total. The van der Waals surface area contributed by atoms with E-state index in [-0.39, 0.29) is 5.75 Å². The monoisotopic (exact) mass is 236 g/mol. The Morgan fingerprint density at radius 1 is 1.38 bits per heavy atom. The highest BCUT2D eigenvalue weighted by Crippen LogP contribution is 2.29. The summed E-state index contributed by atoms with van der Waals surface area (Å²) in [5, 5.41) is 13.4. The van der Waals surface area contributed by atoms with Crippen molar-refractivity contribution in [3.05, 3.63) is 36.0 Å². The minimum atomic E-state index is 0.280. The molecule has 0 saturated carbocycles. The van der Waals surface area contributed by atoms with Gasteiger partial charge in [-0.05, 0) is 12.1 Å². The summed E-state index contributed by atoms with van der Waals surface area (Å²) in [7, 11) is 0. The van der Waals surface area contributed by atoms with Gasteiger partial charge in [0, 0.05) is 11.3 Å². The first-order valence-electron chi connectivity index (χ1n) is 5.02. The van der Waals surface area contributed by atoms with Crippen molar-refractivity contribution >= 4 is 11.8 Å². The van der Waals surface area contributed by atoms with Gasteiger partial charge in [0.15, 0.2) is 5.82 Å². The standard InChI is InChI=1S/C11H12N2O2S/c1-2-10-12-11(15-13-10)7-16-9-6-4-3-5-8(9)14/h3-6,14H,2,7H2,1H3. The van der Waals surface area contributed by atoms with Gasteiger partial charge in [0.1, 0.15) is 5.75 Å². The number of benzene rings is 1. The van der Waals surface area contributed by atoms with Gasteiger partial charge in [-0.2, -0.15) is 4.98 Å². The molecule has 1 heterocycles. The second-order valence-electron chi connectivity index (χ2n) is 3.21. The molecule has 1 aromatic heterocycles. The third kappa shape index (κ3) is 2.55. The van der Waals surface area contributed by atoms with Crippen LogP contribution in [0, 0.1) is 0 Å². The Morgan fingerprint density at radius 3 is 2.88 bits per heavy atom. The molecule has 0 fully saturated rings. The molecule has 0 aliphatic carbocycles. The van der Waals surface area contributed by atoms with Crippen molar-refractivity contribution in [1.29, 1.82) is 0 Å². The lowest BCUT2D eigenvalue weighted by atomic mass is 10.3. The van der Waals surface area contributed by atoms with Crippen LogP contribution in [0.15, 0.2) is 33.7 Å². The summed E-state index contributed by atoms with van der Waals surface area (Å²) < 4.78 is 5.05. The highest BCUT2D eigenvalue weighted by Gasteiger charge is 2.06. The van der Waals surface area contributed by atoms with E-state index in [0.717, 1.165) is 11.3 Å². The minimum absolute atomic E-state index is 0.280. The molecular formula is C11H12N2O2S. The minimum Gasteiger partial charge on any atom is -0.507 e. The summed E-state index contributed by atoms with van der Waals surface area (Å²) in [5.74, 6) is 2.16. The molecule has 0 bridgehead atoms. The Balaban J connectivity index is 1.99. The molecule has 0 saturated heterocycles. The Labute approximate surface area is 97.7 Å². The van der Waals surface area contributed by atoms with Crippen LogP contribution < -0.4 is 0 Å². The number of phenols is 1. The van der Waals surface area contributed by atoms with E-state index in [0.29, 0.717) is 17.5 Å². The third-order valence-electron chi connectivity index (χ3n) is 2.04. The number of aromatic nitrogens is 2. The van der Waals surface area contributed by atoms with Gasteiger partial charge < -0.3 is 9.63 Å². The first-order valence-corrected chi connectivity index (χ1v) is 6.00. The van der Waals surface area contributed by atoms with E-state index in [1.807, 2.05) is 19.1 Å². The fourth-order valence-corrected chi connectivity index (χ4v) is 2.00. The average Bonchev–Trinajstić information content (AvgIpc) is 2.76. The van der Waals surface area contributed by atoms with Crippen molar-refractivity contribution < 1.29 is 9.63 Å². The van der Waals surface area contributed by atoms with Gasteiger partial charge in [-0.1, -0.05) is 24.2 Å². The molecule has 84 valence electrons. The van der Waals surface area contributed by atoms with Crippen LogP contribution in [0.1, 0.15) is 18.6 Å². The number of aromatic hydroxyl groups is 1. The SMILES string of the molecule is CCc1noc(CSc2ccccc2O)n1. The fraction of sp³-hybridized carbons (Fsp3) is 0.273. The molecule has 1 aromatic carbocycles. The summed E-state index contributed by atoms with van der Waals surface area (Å²) >= 11 is 1.48. The molecule has 0 spiro atoms. The molecule has 2 aromatic rings. The van der Waals surface area contributed by atoms with Crippen molar-refractivity contribution in [1.82, 2.24) is 10.1 Å². The number of nitrogens with zero attached hydrogens (tertiary/aromatic N) is 2. The maximum Gasteiger partial charge on any atom is 0.237 e. The van der Waals surface area contributed by atoms with E-state index in [1.165, 1.54) is 11.8 Å². The van der Waals surface area contributed by atoms with Gasteiger partial charge in [0.25, 0.3) is 0 Å². The molecule has 0 amide bonds. The van der Waals surface area contributed by atoms with E-state index in [2.05, 4.69) is 10.1 Å². The smallest absolute Gasteiger partial charge is 0.237 e. The van der Waals surface area contributed by atoms with Crippen molar-refractivity contribution in [3.8, 4) is 5.75 Å². The molecule has 0 radical (unpaired) electrons. The lowest BCUT2D eigenvalue weighted by Gasteiger charge is -2.00. The van der Waals surface area contributed by atoms with Crippen LogP contribution in [0.25, 0.3) is 0 Å². The van der Waals surface area contributed by atoms with Gasteiger partial charge in [0.2, 0.25) is 5.89 Å². The average molecular weight is 236 g/mol. The zero-order valence-corrected chi connectivity index (χ0v) is 9.70. The summed E-state index contributed by atoms with van der Waals surface area (Å²) in [6.45, 7) is 1.98. The fourth-order valence-electron chi connectivity index (χ4n) is 1.21. The van der Waals surface area contributed by atoms with E-state index < -0.39 is 0 Å². The Kier molecular flexibility index (Phi) is 3.46. The number of phenolic OH excluding ortho intramolecular Hbond substituents is 1. The zero-order chi connectivity index (χ0) is 11.4. The van der Waals surface area contributed by atoms with E-state index in [4.69, 9.17) is 4.52 Å². The molecule has 2 rings (SSSR count). The number of hydrogen-bond donors (Lipinski definition) is 1. The topological polar surface area (TPSA) is 59.2 Å². The van der Waals surface area contributed by atoms with E-state index in [9.17, 15) is 5.11 Å². The first kappa shape index (κ1) is 11.0. The largest absolute Gasteiger partial charge is 0.507 e. The summed E-state index contributed by atoms with van der Waals surface area (Å²) in [4.78, 5) is 5.01. The molecule has 16 heavy (non-hydrogen) atoms. The lowest BCUT2D eigenvalue weighted by Crippen LogP contribution is -1.84. The van der Waals surface area contributed by atoms with Crippen LogP contribution in [-0.4, -0.2) is 15.2 Å². The van der Waals surface area contributed by atoms with Gasteiger partial charge >= 0.3 is 0 Å². The highest BCUT2D eigenvalue weighted by molar-refractivity contribution is 7.98. The number of rotatable bonds is 4. The molecule has 0 unspecified atom stereocenters. The summed E-state index contributed by atoms with van der Waals surface area (Å²) in [6.07, 6.45) is 0.769. The van der Waals surface area contributed by atoms with Crippen molar-refractivity contribution in [2.24, 2.45) is 0 Å². The van der Waals surface area contributed by atoms with Crippen LogP contribution in [0.4, 0.5) is 0 Å². The maximum absolute atomic E-state index is 9.55. The van der Waals surface area contributed by atoms with Gasteiger partial charge in [-0.3, -0.25) is 0 Å². The molecule has 0 atom stereocenters. The van der Waals surface area contributed by atoms with Crippen LogP contribution >= 0.6 is 11.8 Å². The number of thioether (sulfide) groups is 1. The predicted molar refractivity (Wildman–Crippen MR) is 61.3 cm³/mol. The number of para-hydroxylation sites is 1. The third-order valence-corrected chi connectivity index (χ3v) is 3.09. The van der Waals surface area contributed by atoms with Crippen molar-refractivity contribution in [3.63, 3.8) is 0 Å². The highest BCUT2D eigenvalue weighted by atomic mass is 32.2. The second kappa shape index (κ2) is 5.03.